The van der Waals surface area contributed by atoms with E-state index in [0.717, 1.165) is 12.1 Å². The van der Waals surface area contributed by atoms with Crippen molar-refractivity contribution in [1.29, 1.82) is 0 Å². The van der Waals surface area contributed by atoms with Crippen LogP contribution in [-0.4, -0.2) is 9.97 Å². The minimum atomic E-state index is -4.47. The number of fused-ring (bicyclic) bond motifs is 1. The number of benzene rings is 1. The number of hydrogen-bond acceptors (Lipinski definition) is 3. The fourth-order valence-corrected chi connectivity index (χ4v) is 2.22. The molecule has 0 fully saturated rings. The van der Waals surface area contributed by atoms with Crippen LogP contribution in [0.2, 0.25) is 5.02 Å². The van der Waals surface area contributed by atoms with Gasteiger partial charge in [-0.25, -0.2) is 4.98 Å². The summed E-state index contributed by atoms with van der Waals surface area (Å²) in [7, 11) is 0. The van der Waals surface area contributed by atoms with Crippen LogP contribution in [0.5, 0.6) is 0 Å². The Labute approximate surface area is 129 Å². The SMILES string of the molecule is C=C(C)/C(=C\S)Nc1nc2c(Cl)cc(C(F)(F)F)cc2[nH]1. The second-order valence-electron chi connectivity index (χ2n) is 4.39. The van der Waals surface area contributed by atoms with E-state index < -0.39 is 11.7 Å². The molecular formula is C13H11ClF3N3S. The zero-order chi connectivity index (χ0) is 15.8. The van der Waals surface area contributed by atoms with Crippen molar-refractivity contribution >= 4 is 41.2 Å². The number of halogens is 4. The fourth-order valence-electron chi connectivity index (χ4n) is 1.67. The zero-order valence-electron chi connectivity index (χ0n) is 10.8. The van der Waals surface area contributed by atoms with Crippen LogP contribution < -0.4 is 5.32 Å². The summed E-state index contributed by atoms with van der Waals surface area (Å²) in [5.41, 5.74) is 0.905. The highest BCUT2D eigenvalue weighted by Crippen LogP contribution is 2.35. The van der Waals surface area contributed by atoms with Crippen LogP contribution in [-0.2, 0) is 6.18 Å². The predicted molar refractivity (Wildman–Crippen MR) is 81.6 cm³/mol. The minimum absolute atomic E-state index is 0.0733. The highest BCUT2D eigenvalue weighted by molar-refractivity contribution is 7.83. The van der Waals surface area contributed by atoms with Gasteiger partial charge < -0.3 is 10.3 Å². The van der Waals surface area contributed by atoms with Gasteiger partial charge in [-0.1, -0.05) is 18.2 Å². The van der Waals surface area contributed by atoms with Crippen molar-refractivity contribution in [2.75, 3.05) is 5.32 Å². The first-order valence-corrected chi connectivity index (χ1v) is 6.65. The number of aromatic nitrogens is 2. The Kier molecular flexibility index (Phi) is 4.25. The summed E-state index contributed by atoms with van der Waals surface area (Å²) in [5, 5.41) is 4.29. The lowest BCUT2D eigenvalue weighted by molar-refractivity contribution is -0.137. The number of imidazole rings is 1. The summed E-state index contributed by atoms with van der Waals surface area (Å²) < 4.78 is 38.2. The third kappa shape index (κ3) is 3.36. The van der Waals surface area contributed by atoms with Crippen LogP contribution in [0.25, 0.3) is 11.0 Å². The molecule has 2 N–H and O–H groups in total. The van der Waals surface area contributed by atoms with Gasteiger partial charge >= 0.3 is 6.18 Å². The Morgan fingerprint density at radius 2 is 2.14 bits per heavy atom. The number of nitrogens with zero attached hydrogens (tertiary/aromatic N) is 1. The van der Waals surface area contributed by atoms with Crippen molar-refractivity contribution in [3.63, 3.8) is 0 Å². The number of rotatable bonds is 3. The molecule has 0 unspecified atom stereocenters. The Morgan fingerprint density at radius 1 is 1.48 bits per heavy atom. The molecule has 112 valence electrons. The number of thiol groups is 1. The number of nitrogens with one attached hydrogen (secondary N) is 2. The summed E-state index contributed by atoms with van der Waals surface area (Å²) >= 11 is 9.88. The van der Waals surface area contributed by atoms with Crippen LogP contribution in [0.3, 0.4) is 0 Å². The van der Waals surface area contributed by atoms with E-state index in [-0.39, 0.29) is 22.0 Å². The van der Waals surface area contributed by atoms with Gasteiger partial charge in [-0.05, 0) is 30.0 Å². The van der Waals surface area contributed by atoms with E-state index in [1.807, 2.05) is 0 Å². The summed E-state index contributed by atoms with van der Waals surface area (Å²) in [5.74, 6) is 0.259. The monoisotopic (exact) mass is 333 g/mol. The lowest BCUT2D eigenvalue weighted by Gasteiger charge is -2.06. The smallest absolute Gasteiger partial charge is 0.325 e. The van der Waals surface area contributed by atoms with Crippen LogP contribution in [0.1, 0.15) is 12.5 Å². The van der Waals surface area contributed by atoms with Gasteiger partial charge in [0.05, 0.1) is 16.1 Å². The molecule has 2 rings (SSSR count). The molecule has 3 nitrogen and oxygen atoms in total. The average Bonchev–Trinajstić information content (AvgIpc) is 2.77. The van der Waals surface area contributed by atoms with Crippen molar-refractivity contribution in [3.8, 4) is 0 Å². The van der Waals surface area contributed by atoms with Crippen LogP contribution in [0.15, 0.2) is 35.4 Å². The van der Waals surface area contributed by atoms with Gasteiger partial charge in [0.1, 0.15) is 5.52 Å². The minimum Gasteiger partial charge on any atom is -0.325 e. The number of aromatic amines is 1. The number of allylic oxidation sites excluding steroid dienone is 1. The molecule has 0 aliphatic carbocycles. The predicted octanol–water partition coefficient (Wildman–Crippen LogP) is 4.99. The molecule has 21 heavy (non-hydrogen) atoms. The summed E-state index contributed by atoms with van der Waals surface area (Å²) in [4.78, 5) is 6.87. The Bertz CT molecular complexity index is 734. The Hall–Kier alpha value is -1.60. The summed E-state index contributed by atoms with van der Waals surface area (Å²) in [6.45, 7) is 5.50. The molecule has 2 aromatic rings. The molecule has 0 saturated heterocycles. The largest absolute Gasteiger partial charge is 0.416 e. The van der Waals surface area contributed by atoms with Crippen molar-refractivity contribution < 1.29 is 13.2 Å². The standard InChI is InChI=1S/C13H11ClF3N3S/c1-6(2)10(5-21)19-12-18-9-4-7(13(15,16)17)3-8(14)11(9)20-12/h3-5,21H,1H2,2H3,(H2,18,19,20)/b10-5+. The maximum atomic E-state index is 12.7. The topological polar surface area (TPSA) is 40.7 Å². The molecule has 0 radical (unpaired) electrons. The molecule has 1 aromatic heterocycles. The Balaban J connectivity index is 2.47. The van der Waals surface area contributed by atoms with E-state index >= 15 is 0 Å². The summed E-state index contributed by atoms with van der Waals surface area (Å²) in [6.07, 6.45) is -4.47. The van der Waals surface area contributed by atoms with E-state index in [0.29, 0.717) is 11.3 Å². The van der Waals surface area contributed by atoms with E-state index in [4.69, 9.17) is 11.6 Å². The van der Waals surface area contributed by atoms with Crippen molar-refractivity contribution in [2.45, 2.75) is 13.1 Å². The third-order valence-corrected chi connectivity index (χ3v) is 3.26. The van der Waals surface area contributed by atoms with E-state index in [2.05, 4.69) is 34.5 Å². The maximum Gasteiger partial charge on any atom is 0.416 e. The molecule has 1 heterocycles. The van der Waals surface area contributed by atoms with Gasteiger partial charge in [-0.15, -0.1) is 12.6 Å². The van der Waals surface area contributed by atoms with E-state index in [1.165, 1.54) is 5.41 Å². The summed E-state index contributed by atoms with van der Waals surface area (Å²) in [6, 6.07) is 1.81. The number of H-pyrrole nitrogens is 1. The van der Waals surface area contributed by atoms with Crippen LogP contribution in [0.4, 0.5) is 19.1 Å². The van der Waals surface area contributed by atoms with Crippen LogP contribution >= 0.6 is 24.2 Å². The highest BCUT2D eigenvalue weighted by atomic mass is 35.5. The van der Waals surface area contributed by atoms with Gasteiger partial charge in [0, 0.05) is 5.70 Å². The second kappa shape index (κ2) is 5.65. The van der Waals surface area contributed by atoms with Gasteiger partial charge in [0.15, 0.2) is 0 Å². The molecule has 0 atom stereocenters. The fraction of sp³-hybridized carbons (Fsp3) is 0.154. The van der Waals surface area contributed by atoms with Crippen molar-refractivity contribution in [3.05, 3.63) is 46.0 Å². The zero-order valence-corrected chi connectivity index (χ0v) is 12.5. The molecule has 0 amide bonds. The molecule has 0 spiro atoms. The first-order valence-electron chi connectivity index (χ1n) is 5.76. The van der Waals surface area contributed by atoms with Gasteiger partial charge in [0.2, 0.25) is 5.95 Å². The first-order chi connectivity index (χ1) is 9.72. The maximum absolute atomic E-state index is 12.7. The lowest BCUT2D eigenvalue weighted by Crippen LogP contribution is -2.04. The normalized spacial score (nSPS) is 12.8. The third-order valence-electron chi connectivity index (χ3n) is 2.71. The molecule has 0 aliphatic rings. The van der Waals surface area contributed by atoms with Gasteiger partial charge in [-0.2, -0.15) is 13.2 Å². The van der Waals surface area contributed by atoms with Crippen LogP contribution in [0, 0.1) is 0 Å². The lowest BCUT2D eigenvalue weighted by atomic mass is 10.2. The second-order valence-corrected chi connectivity index (χ2v) is 5.05. The molecule has 0 bridgehead atoms. The number of alkyl halides is 3. The highest BCUT2D eigenvalue weighted by Gasteiger charge is 2.31. The molecule has 0 saturated carbocycles. The van der Waals surface area contributed by atoms with Crippen molar-refractivity contribution in [2.24, 2.45) is 0 Å². The van der Waals surface area contributed by atoms with E-state index in [1.54, 1.807) is 6.92 Å². The van der Waals surface area contributed by atoms with Gasteiger partial charge in [-0.3, -0.25) is 0 Å². The number of anilines is 1. The molecule has 1 aromatic carbocycles. The Morgan fingerprint density at radius 3 is 2.67 bits per heavy atom. The van der Waals surface area contributed by atoms with Gasteiger partial charge in [0.25, 0.3) is 0 Å². The molecule has 0 aliphatic heterocycles. The number of hydrogen-bond donors (Lipinski definition) is 3. The average molecular weight is 334 g/mol. The van der Waals surface area contributed by atoms with Crippen molar-refractivity contribution in [1.82, 2.24) is 9.97 Å². The molecular weight excluding hydrogens is 323 g/mol. The molecule has 8 heteroatoms. The first kappa shape index (κ1) is 15.8. The quantitative estimate of drug-likeness (QED) is 0.547. The van der Waals surface area contributed by atoms with E-state index in [9.17, 15) is 13.2 Å².